The Morgan fingerprint density at radius 1 is 0.889 bits per heavy atom. The summed E-state index contributed by atoms with van der Waals surface area (Å²) >= 11 is 0. The van der Waals surface area contributed by atoms with Crippen LogP contribution in [0.1, 0.15) is 30.6 Å². The lowest BCUT2D eigenvalue weighted by atomic mass is 10.0. The fourth-order valence-corrected chi connectivity index (χ4v) is 2.72. The summed E-state index contributed by atoms with van der Waals surface area (Å²) in [5.74, 6) is 1.24. The van der Waals surface area contributed by atoms with Crippen LogP contribution in [0.3, 0.4) is 0 Å². The Hall–Kier alpha value is -3.07. The zero-order chi connectivity index (χ0) is 19.1. The minimum absolute atomic E-state index is 0.131. The molecule has 0 unspecified atom stereocenters. The van der Waals surface area contributed by atoms with Crippen LogP contribution in [0, 0.1) is 5.92 Å². The van der Waals surface area contributed by atoms with Gasteiger partial charge in [-0.2, -0.15) is 0 Å². The molecule has 0 saturated heterocycles. The number of rotatable bonds is 7. The number of hydrogen-bond donors (Lipinski definition) is 1. The van der Waals surface area contributed by atoms with E-state index in [1.807, 2.05) is 66.7 Å². The Morgan fingerprint density at radius 2 is 1.59 bits per heavy atom. The van der Waals surface area contributed by atoms with Gasteiger partial charge >= 0.3 is 0 Å². The van der Waals surface area contributed by atoms with Gasteiger partial charge in [0.25, 0.3) is 5.91 Å². The van der Waals surface area contributed by atoms with E-state index in [-0.39, 0.29) is 5.91 Å². The van der Waals surface area contributed by atoms with E-state index in [0.29, 0.717) is 18.1 Å². The van der Waals surface area contributed by atoms with Gasteiger partial charge < -0.3 is 10.1 Å². The summed E-state index contributed by atoms with van der Waals surface area (Å²) in [6.07, 6.45) is 1.00. The first-order valence-corrected chi connectivity index (χ1v) is 9.31. The minimum Gasteiger partial charge on any atom is -0.494 e. The predicted octanol–water partition coefficient (Wildman–Crippen LogP) is 6.03. The summed E-state index contributed by atoms with van der Waals surface area (Å²) in [6, 6.07) is 25.3. The van der Waals surface area contributed by atoms with Crippen molar-refractivity contribution in [2.24, 2.45) is 5.92 Å². The number of carbonyl (C=O) groups excluding carboxylic acids is 1. The third-order valence-electron chi connectivity index (χ3n) is 4.31. The van der Waals surface area contributed by atoms with Gasteiger partial charge in [0.15, 0.2) is 0 Å². The maximum atomic E-state index is 12.5. The van der Waals surface area contributed by atoms with Crippen LogP contribution >= 0.6 is 0 Å². The molecule has 138 valence electrons. The Morgan fingerprint density at radius 3 is 2.30 bits per heavy atom. The van der Waals surface area contributed by atoms with Crippen LogP contribution in [0.4, 0.5) is 5.69 Å². The summed E-state index contributed by atoms with van der Waals surface area (Å²) in [5, 5.41) is 2.94. The lowest BCUT2D eigenvalue weighted by molar-refractivity contribution is 0.102. The van der Waals surface area contributed by atoms with Crippen molar-refractivity contribution in [3.05, 3.63) is 84.4 Å². The Labute approximate surface area is 161 Å². The van der Waals surface area contributed by atoms with Crippen molar-refractivity contribution in [3.8, 4) is 16.9 Å². The number of nitrogens with one attached hydrogen (secondary N) is 1. The summed E-state index contributed by atoms with van der Waals surface area (Å²) in [7, 11) is 0. The lowest BCUT2D eigenvalue weighted by Gasteiger charge is -2.10. The zero-order valence-electron chi connectivity index (χ0n) is 15.8. The molecular weight excluding hydrogens is 334 g/mol. The van der Waals surface area contributed by atoms with E-state index >= 15 is 0 Å². The van der Waals surface area contributed by atoms with Crippen molar-refractivity contribution in [2.45, 2.75) is 20.3 Å². The van der Waals surface area contributed by atoms with Crippen LogP contribution in [-0.4, -0.2) is 12.5 Å². The van der Waals surface area contributed by atoms with Gasteiger partial charge in [0.05, 0.1) is 6.61 Å². The minimum atomic E-state index is -0.131. The normalized spacial score (nSPS) is 10.6. The maximum absolute atomic E-state index is 12.5. The number of hydrogen-bond acceptors (Lipinski definition) is 2. The molecule has 3 nitrogen and oxygen atoms in total. The Bertz CT molecular complexity index is 870. The second-order valence-corrected chi connectivity index (χ2v) is 6.96. The second-order valence-electron chi connectivity index (χ2n) is 6.96. The molecule has 0 aliphatic rings. The highest BCUT2D eigenvalue weighted by molar-refractivity contribution is 6.04. The molecule has 1 amide bonds. The van der Waals surface area contributed by atoms with Gasteiger partial charge in [-0.15, -0.1) is 0 Å². The van der Waals surface area contributed by atoms with Crippen LogP contribution in [0.5, 0.6) is 5.75 Å². The fourth-order valence-electron chi connectivity index (χ4n) is 2.72. The van der Waals surface area contributed by atoms with Crippen LogP contribution in [0.15, 0.2) is 78.9 Å². The van der Waals surface area contributed by atoms with Crippen molar-refractivity contribution in [3.63, 3.8) is 0 Å². The van der Waals surface area contributed by atoms with E-state index in [1.54, 1.807) is 0 Å². The summed E-state index contributed by atoms with van der Waals surface area (Å²) in [6.45, 7) is 5.02. The number of anilines is 1. The van der Waals surface area contributed by atoms with E-state index in [1.165, 1.54) is 0 Å². The lowest BCUT2D eigenvalue weighted by Crippen LogP contribution is -2.11. The highest BCUT2D eigenvalue weighted by Crippen LogP contribution is 2.21. The molecule has 1 N–H and O–H groups in total. The van der Waals surface area contributed by atoms with Crippen molar-refractivity contribution in [1.82, 2.24) is 0 Å². The molecule has 3 rings (SSSR count). The van der Waals surface area contributed by atoms with Crippen LogP contribution < -0.4 is 10.1 Å². The summed E-state index contributed by atoms with van der Waals surface area (Å²) < 4.78 is 5.76. The highest BCUT2D eigenvalue weighted by atomic mass is 16.5. The van der Waals surface area contributed by atoms with Gasteiger partial charge in [-0.3, -0.25) is 4.79 Å². The molecule has 3 aromatic rings. The molecule has 0 aromatic heterocycles. The Kier molecular flexibility index (Phi) is 6.26. The molecule has 0 bridgehead atoms. The van der Waals surface area contributed by atoms with Gasteiger partial charge in [0.2, 0.25) is 0 Å². The number of ether oxygens (including phenoxy) is 1. The summed E-state index contributed by atoms with van der Waals surface area (Å²) in [4.78, 5) is 12.5. The molecule has 3 heteroatoms. The molecule has 0 spiro atoms. The van der Waals surface area contributed by atoms with E-state index in [2.05, 4.69) is 31.3 Å². The third-order valence-corrected chi connectivity index (χ3v) is 4.31. The average molecular weight is 359 g/mol. The first-order valence-electron chi connectivity index (χ1n) is 9.31. The van der Waals surface area contributed by atoms with Crippen LogP contribution in [-0.2, 0) is 0 Å². The van der Waals surface area contributed by atoms with E-state index in [0.717, 1.165) is 29.0 Å². The predicted molar refractivity (Wildman–Crippen MR) is 111 cm³/mol. The molecule has 3 aromatic carbocycles. The first kappa shape index (κ1) is 18.7. The number of amides is 1. The van der Waals surface area contributed by atoms with Gasteiger partial charge in [0, 0.05) is 17.3 Å². The third kappa shape index (κ3) is 5.45. The molecule has 0 atom stereocenters. The number of benzene rings is 3. The van der Waals surface area contributed by atoms with Crippen molar-refractivity contribution >= 4 is 11.6 Å². The van der Waals surface area contributed by atoms with Crippen LogP contribution in [0.2, 0.25) is 0 Å². The summed E-state index contributed by atoms with van der Waals surface area (Å²) in [5.41, 5.74) is 3.58. The topological polar surface area (TPSA) is 38.3 Å². The SMILES string of the molecule is CC(C)CCOc1cccc(NC(=O)c2ccc(-c3ccccc3)cc2)c1. The smallest absolute Gasteiger partial charge is 0.255 e. The monoisotopic (exact) mass is 359 g/mol. The molecule has 0 heterocycles. The quantitative estimate of drug-likeness (QED) is 0.559. The fraction of sp³-hybridized carbons (Fsp3) is 0.208. The number of carbonyl (C=O) groups is 1. The van der Waals surface area contributed by atoms with E-state index in [9.17, 15) is 4.79 Å². The highest BCUT2D eigenvalue weighted by Gasteiger charge is 2.07. The van der Waals surface area contributed by atoms with Crippen molar-refractivity contribution in [2.75, 3.05) is 11.9 Å². The van der Waals surface area contributed by atoms with Crippen LogP contribution in [0.25, 0.3) is 11.1 Å². The molecule has 0 saturated carbocycles. The van der Waals surface area contributed by atoms with Gasteiger partial charge in [-0.25, -0.2) is 0 Å². The van der Waals surface area contributed by atoms with E-state index in [4.69, 9.17) is 4.74 Å². The molecular formula is C24H25NO2. The second kappa shape index (κ2) is 9.04. The van der Waals surface area contributed by atoms with Gasteiger partial charge in [0.1, 0.15) is 5.75 Å². The zero-order valence-corrected chi connectivity index (χ0v) is 15.8. The van der Waals surface area contributed by atoms with Crippen molar-refractivity contribution < 1.29 is 9.53 Å². The molecule has 0 aliphatic carbocycles. The average Bonchev–Trinajstić information content (AvgIpc) is 2.69. The van der Waals surface area contributed by atoms with Crippen molar-refractivity contribution in [1.29, 1.82) is 0 Å². The molecule has 0 radical (unpaired) electrons. The molecule has 27 heavy (non-hydrogen) atoms. The molecule has 0 aliphatic heterocycles. The molecule has 0 fully saturated rings. The first-order chi connectivity index (χ1) is 13.1. The standard InChI is InChI=1S/C24H25NO2/c1-18(2)15-16-27-23-10-6-9-22(17-23)25-24(26)21-13-11-20(12-14-21)19-7-4-3-5-8-19/h3-14,17-18H,15-16H2,1-2H3,(H,25,26). The van der Waals surface area contributed by atoms with Gasteiger partial charge in [-0.1, -0.05) is 62.4 Å². The van der Waals surface area contributed by atoms with Gasteiger partial charge in [-0.05, 0) is 47.7 Å². The largest absolute Gasteiger partial charge is 0.494 e. The maximum Gasteiger partial charge on any atom is 0.255 e. The Balaban J connectivity index is 1.63. The van der Waals surface area contributed by atoms with E-state index < -0.39 is 0 Å².